The van der Waals surface area contributed by atoms with Crippen LogP contribution in [0.15, 0.2) is 24.3 Å². The number of hydrogen-bond donors (Lipinski definition) is 8. The fourth-order valence-electron chi connectivity index (χ4n) is 3.36. The number of aromatic hydroxyl groups is 1. The molecule has 5 atom stereocenters. The van der Waals surface area contributed by atoms with E-state index in [4.69, 9.17) is 11.5 Å². The number of primary amides is 1. The molecule has 13 nitrogen and oxygen atoms in total. The lowest BCUT2D eigenvalue weighted by Gasteiger charge is -2.26. The lowest BCUT2D eigenvalue weighted by molar-refractivity contribution is -0.143. The van der Waals surface area contributed by atoms with Crippen molar-refractivity contribution in [2.24, 2.45) is 17.4 Å². The van der Waals surface area contributed by atoms with Crippen molar-refractivity contribution in [3.05, 3.63) is 29.8 Å². The van der Waals surface area contributed by atoms with Crippen LogP contribution < -0.4 is 27.4 Å². The largest absolute Gasteiger partial charge is 0.508 e. The van der Waals surface area contributed by atoms with Crippen LogP contribution in [0.5, 0.6) is 5.75 Å². The summed E-state index contributed by atoms with van der Waals surface area (Å²) in [6, 6.07) is 0.659. The van der Waals surface area contributed by atoms with Gasteiger partial charge in [0.1, 0.15) is 29.9 Å². The summed E-state index contributed by atoms with van der Waals surface area (Å²) in [6.45, 7) is 4.87. The monoisotopic (exact) mass is 523 g/mol. The highest BCUT2D eigenvalue weighted by Gasteiger charge is 2.31. The molecule has 0 spiro atoms. The summed E-state index contributed by atoms with van der Waals surface area (Å²) >= 11 is 0. The molecule has 0 fully saturated rings. The van der Waals surface area contributed by atoms with E-state index in [1.807, 2.05) is 0 Å². The van der Waals surface area contributed by atoms with E-state index in [2.05, 4.69) is 16.0 Å². The van der Waals surface area contributed by atoms with Gasteiger partial charge >= 0.3 is 5.97 Å². The van der Waals surface area contributed by atoms with Crippen molar-refractivity contribution >= 4 is 29.6 Å². The third kappa shape index (κ3) is 11.3. The molecule has 0 bridgehead atoms. The molecule has 1 aromatic carbocycles. The van der Waals surface area contributed by atoms with Crippen molar-refractivity contribution in [1.82, 2.24) is 16.0 Å². The van der Waals surface area contributed by atoms with Crippen LogP contribution in [0.1, 0.15) is 45.6 Å². The Morgan fingerprint density at radius 2 is 1.38 bits per heavy atom. The fourth-order valence-corrected chi connectivity index (χ4v) is 3.36. The Bertz CT molecular complexity index is 951. The number of benzene rings is 1. The highest BCUT2D eigenvalue weighted by Crippen LogP contribution is 2.12. The molecule has 0 heterocycles. The van der Waals surface area contributed by atoms with Gasteiger partial charge in [0, 0.05) is 12.8 Å². The van der Waals surface area contributed by atoms with E-state index in [1.165, 1.54) is 31.2 Å². The average Bonchev–Trinajstić information content (AvgIpc) is 2.80. The summed E-state index contributed by atoms with van der Waals surface area (Å²) in [5, 5.41) is 35.9. The van der Waals surface area contributed by atoms with Gasteiger partial charge in [-0.25, -0.2) is 4.79 Å². The van der Waals surface area contributed by atoms with E-state index < -0.39 is 59.9 Å². The summed E-state index contributed by atoms with van der Waals surface area (Å²) in [5.41, 5.74) is 11.4. The quantitative estimate of drug-likeness (QED) is 0.133. The number of carboxylic acid groups (broad SMARTS) is 1. The number of carboxylic acids is 1. The zero-order valence-corrected chi connectivity index (χ0v) is 21.1. The third-order valence-corrected chi connectivity index (χ3v) is 5.47. The Labute approximate surface area is 215 Å². The maximum atomic E-state index is 13.2. The molecular formula is C24H37N5O8. The van der Waals surface area contributed by atoms with Crippen LogP contribution in [0.2, 0.25) is 0 Å². The molecule has 1 aromatic rings. The maximum absolute atomic E-state index is 13.2. The number of rotatable bonds is 15. The average molecular weight is 524 g/mol. The number of amides is 4. The van der Waals surface area contributed by atoms with Gasteiger partial charge in [0.2, 0.25) is 23.6 Å². The van der Waals surface area contributed by atoms with Gasteiger partial charge in [0.05, 0.1) is 6.10 Å². The highest BCUT2D eigenvalue weighted by atomic mass is 16.4. The first-order valence-electron chi connectivity index (χ1n) is 11.8. The van der Waals surface area contributed by atoms with Crippen LogP contribution >= 0.6 is 0 Å². The number of carbonyl (C=O) groups excluding carboxylic acids is 4. The molecule has 206 valence electrons. The number of carbonyl (C=O) groups is 5. The molecule has 0 radical (unpaired) electrons. The SMILES string of the molecule is CC(C)CC(NC(=O)C(CCC(N)=O)NC(=O)C(Cc1ccc(O)cc1)NC(=O)C(N)C(C)O)C(=O)O. The second-order valence-electron chi connectivity index (χ2n) is 9.29. The van der Waals surface area contributed by atoms with Gasteiger partial charge in [-0.2, -0.15) is 0 Å². The van der Waals surface area contributed by atoms with Gasteiger partial charge in [-0.1, -0.05) is 26.0 Å². The van der Waals surface area contributed by atoms with Crippen molar-refractivity contribution < 1.29 is 39.3 Å². The van der Waals surface area contributed by atoms with Gasteiger partial charge in [-0.05, 0) is 43.4 Å². The second kappa shape index (κ2) is 14.8. The number of aliphatic hydroxyl groups is 1. The molecule has 13 heteroatoms. The summed E-state index contributed by atoms with van der Waals surface area (Å²) in [4.78, 5) is 61.5. The van der Waals surface area contributed by atoms with Crippen LogP contribution in [0.4, 0.5) is 0 Å². The fraction of sp³-hybridized carbons (Fsp3) is 0.542. The van der Waals surface area contributed by atoms with E-state index in [-0.39, 0.29) is 37.4 Å². The maximum Gasteiger partial charge on any atom is 0.326 e. The van der Waals surface area contributed by atoms with Crippen molar-refractivity contribution in [2.75, 3.05) is 0 Å². The molecule has 0 aromatic heterocycles. The predicted molar refractivity (Wildman–Crippen MR) is 133 cm³/mol. The van der Waals surface area contributed by atoms with E-state index in [0.29, 0.717) is 5.56 Å². The van der Waals surface area contributed by atoms with Crippen molar-refractivity contribution in [3.8, 4) is 5.75 Å². The Morgan fingerprint density at radius 3 is 1.86 bits per heavy atom. The first-order valence-corrected chi connectivity index (χ1v) is 11.8. The minimum atomic E-state index is -1.34. The lowest BCUT2D eigenvalue weighted by Crippen LogP contribution is -2.58. The van der Waals surface area contributed by atoms with E-state index >= 15 is 0 Å². The first kappa shape index (κ1) is 31.3. The van der Waals surface area contributed by atoms with E-state index in [9.17, 15) is 39.3 Å². The number of phenols is 1. The van der Waals surface area contributed by atoms with Crippen LogP contribution in [0, 0.1) is 5.92 Å². The Morgan fingerprint density at radius 1 is 0.865 bits per heavy atom. The third-order valence-electron chi connectivity index (χ3n) is 5.47. The number of nitrogens with two attached hydrogens (primary N) is 2. The van der Waals surface area contributed by atoms with Gasteiger partial charge in [-0.15, -0.1) is 0 Å². The van der Waals surface area contributed by atoms with Crippen LogP contribution in [-0.2, 0) is 30.4 Å². The molecule has 0 aliphatic carbocycles. The summed E-state index contributed by atoms with van der Waals surface area (Å²) in [7, 11) is 0. The Balaban J connectivity index is 3.17. The van der Waals surface area contributed by atoms with Gasteiger partial charge in [0.15, 0.2) is 0 Å². The Kier molecular flexibility index (Phi) is 12.5. The number of aliphatic carboxylic acids is 1. The van der Waals surface area contributed by atoms with Crippen molar-refractivity contribution in [3.63, 3.8) is 0 Å². The van der Waals surface area contributed by atoms with E-state index in [0.717, 1.165) is 0 Å². The van der Waals surface area contributed by atoms with Crippen LogP contribution in [0.25, 0.3) is 0 Å². The van der Waals surface area contributed by atoms with Crippen LogP contribution in [0.3, 0.4) is 0 Å². The Hall–Kier alpha value is -3.71. The standard InChI is InChI=1S/C24H37N5O8/c1-12(2)10-18(24(36)37)29-21(33)16(8-9-19(25)32)27-22(34)17(28-23(35)20(26)13(3)30)11-14-4-6-15(31)7-5-14/h4-7,12-13,16-18,20,30-31H,8-11,26H2,1-3H3,(H2,25,32)(H,27,34)(H,28,35)(H,29,33)(H,36,37). The number of nitrogens with one attached hydrogen (secondary N) is 3. The van der Waals surface area contributed by atoms with Gasteiger partial charge < -0.3 is 42.7 Å². The normalized spacial score (nSPS) is 15.1. The summed E-state index contributed by atoms with van der Waals surface area (Å²) in [6.07, 6.45) is -1.63. The van der Waals surface area contributed by atoms with Crippen LogP contribution in [-0.4, -0.2) is 75.2 Å². The minimum Gasteiger partial charge on any atom is -0.508 e. The highest BCUT2D eigenvalue weighted by molar-refractivity contribution is 5.94. The van der Waals surface area contributed by atoms with Gasteiger partial charge in [0.25, 0.3) is 0 Å². The molecule has 37 heavy (non-hydrogen) atoms. The molecule has 1 rings (SSSR count). The smallest absolute Gasteiger partial charge is 0.326 e. The first-order chi connectivity index (χ1) is 17.2. The zero-order chi connectivity index (χ0) is 28.3. The molecule has 0 aliphatic heterocycles. The summed E-state index contributed by atoms with van der Waals surface area (Å²) < 4.78 is 0. The predicted octanol–water partition coefficient (Wildman–Crippen LogP) is -1.51. The molecule has 0 saturated carbocycles. The summed E-state index contributed by atoms with van der Waals surface area (Å²) in [5.74, 6) is -4.54. The molecule has 5 unspecified atom stereocenters. The number of aliphatic hydroxyl groups excluding tert-OH is 1. The second-order valence-corrected chi connectivity index (χ2v) is 9.29. The minimum absolute atomic E-state index is 0.0116. The molecular weight excluding hydrogens is 486 g/mol. The molecule has 4 amide bonds. The van der Waals surface area contributed by atoms with E-state index in [1.54, 1.807) is 13.8 Å². The zero-order valence-electron chi connectivity index (χ0n) is 21.1. The number of hydrogen-bond acceptors (Lipinski definition) is 8. The topological polar surface area (TPSA) is 234 Å². The molecule has 10 N–H and O–H groups in total. The van der Waals surface area contributed by atoms with Crippen molar-refractivity contribution in [2.45, 2.75) is 76.7 Å². The lowest BCUT2D eigenvalue weighted by atomic mass is 10.0. The van der Waals surface area contributed by atoms with Gasteiger partial charge in [-0.3, -0.25) is 19.2 Å². The van der Waals surface area contributed by atoms with Crippen molar-refractivity contribution in [1.29, 1.82) is 0 Å². The molecule has 0 saturated heterocycles. The number of phenolic OH excluding ortho intramolecular Hbond substituents is 1. The molecule has 0 aliphatic rings.